The van der Waals surface area contributed by atoms with Crippen molar-refractivity contribution in [2.75, 3.05) is 0 Å². The molecule has 0 aromatic heterocycles. The molecule has 2 aromatic rings. The van der Waals surface area contributed by atoms with Crippen LogP contribution in [0.1, 0.15) is 18.1 Å². The van der Waals surface area contributed by atoms with Crippen molar-refractivity contribution in [2.24, 2.45) is 4.99 Å². The highest BCUT2D eigenvalue weighted by molar-refractivity contribution is 6.30. The Balaban J connectivity index is 2.18. The summed E-state index contributed by atoms with van der Waals surface area (Å²) >= 11 is 5.79. The lowest BCUT2D eigenvalue weighted by Gasteiger charge is -2.05. The zero-order valence-electron chi connectivity index (χ0n) is 10.1. The summed E-state index contributed by atoms with van der Waals surface area (Å²) in [6.45, 7) is 2.49. The van der Waals surface area contributed by atoms with Crippen LogP contribution in [0.15, 0.2) is 53.5 Å². The number of rotatable bonds is 3. The minimum Gasteiger partial charge on any atom is -0.507 e. The fourth-order valence-electron chi connectivity index (χ4n) is 1.69. The minimum atomic E-state index is 0.164. The Morgan fingerprint density at radius 3 is 2.56 bits per heavy atom. The van der Waals surface area contributed by atoms with Crippen molar-refractivity contribution in [3.05, 3.63) is 64.7 Å². The molecule has 1 N–H and O–H groups in total. The van der Waals surface area contributed by atoms with E-state index in [0.717, 1.165) is 16.8 Å². The van der Waals surface area contributed by atoms with Crippen molar-refractivity contribution >= 4 is 17.3 Å². The molecule has 0 amide bonds. The third-order valence-corrected chi connectivity index (χ3v) is 2.93. The maximum atomic E-state index is 9.79. The predicted octanol–water partition coefficient (Wildman–Crippen LogP) is 4.05. The summed E-state index contributed by atoms with van der Waals surface area (Å²) in [5, 5.41) is 10.3. The topological polar surface area (TPSA) is 32.6 Å². The molecule has 0 aliphatic rings. The number of aromatic hydroxyl groups is 1. The van der Waals surface area contributed by atoms with Crippen LogP contribution in [0.3, 0.4) is 0 Å². The van der Waals surface area contributed by atoms with E-state index in [4.69, 9.17) is 11.6 Å². The Labute approximate surface area is 112 Å². The van der Waals surface area contributed by atoms with Crippen molar-refractivity contribution in [3.63, 3.8) is 0 Å². The van der Waals surface area contributed by atoms with Crippen molar-refractivity contribution in [1.29, 1.82) is 0 Å². The van der Waals surface area contributed by atoms with E-state index in [1.807, 2.05) is 37.3 Å². The number of halogens is 1. The molecule has 0 spiro atoms. The van der Waals surface area contributed by atoms with Crippen molar-refractivity contribution in [2.45, 2.75) is 13.5 Å². The second-order valence-corrected chi connectivity index (χ2v) is 4.49. The lowest BCUT2D eigenvalue weighted by atomic mass is 10.1. The van der Waals surface area contributed by atoms with Crippen LogP contribution in [0.25, 0.3) is 0 Å². The molecule has 0 aliphatic heterocycles. The molecule has 0 aliphatic carbocycles. The first-order valence-electron chi connectivity index (χ1n) is 5.70. The fourth-order valence-corrected chi connectivity index (χ4v) is 1.86. The van der Waals surface area contributed by atoms with Gasteiger partial charge in [-0.05, 0) is 30.7 Å². The maximum Gasteiger partial charge on any atom is 0.126 e. The maximum absolute atomic E-state index is 9.79. The molecule has 0 bridgehead atoms. The molecule has 0 unspecified atom stereocenters. The van der Waals surface area contributed by atoms with E-state index in [1.165, 1.54) is 6.07 Å². The molecule has 0 heterocycles. The van der Waals surface area contributed by atoms with Crippen LogP contribution in [-0.4, -0.2) is 10.8 Å². The molecule has 0 radical (unpaired) electrons. The average molecular weight is 260 g/mol. The van der Waals surface area contributed by atoms with Crippen LogP contribution in [0, 0.1) is 0 Å². The van der Waals surface area contributed by atoms with Gasteiger partial charge in [0.25, 0.3) is 0 Å². The second-order valence-electron chi connectivity index (χ2n) is 4.05. The Kier molecular flexibility index (Phi) is 4.00. The molecule has 0 saturated carbocycles. The van der Waals surface area contributed by atoms with Gasteiger partial charge in [-0.15, -0.1) is 0 Å². The number of nitrogens with zero attached hydrogens (tertiary/aromatic N) is 1. The number of phenols is 1. The zero-order chi connectivity index (χ0) is 13.0. The van der Waals surface area contributed by atoms with Gasteiger partial charge in [0.1, 0.15) is 5.75 Å². The van der Waals surface area contributed by atoms with E-state index in [9.17, 15) is 5.11 Å². The van der Waals surface area contributed by atoms with Gasteiger partial charge in [0.15, 0.2) is 0 Å². The summed E-state index contributed by atoms with van der Waals surface area (Å²) < 4.78 is 0. The van der Waals surface area contributed by atoms with Gasteiger partial charge in [-0.1, -0.05) is 41.9 Å². The predicted molar refractivity (Wildman–Crippen MR) is 75.5 cm³/mol. The van der Waals surface area contributed by atoms with E-state index in [0.29, 0.717) is 11.6 Å². The Morgan fingerprint density at radius 2 is 1.89 bits per heavy atom. The highest BCUT2D eigenvalue weighted by Crippen LogP contribution is 2.22. The standard InChI is InChI=1S/C15H14ClNO/c1-11(14-8-7-13(16)9-15(14)18)17-10-12-5-3-2-4-6-12/h2-9,18H,10H2,1H3. The lowest BCUT2D eigenvalue weighted by molar-refractivity contribution is 0.474. The lowest BCUT2D eigenvalue weighted by Crippen LogP contribution is -1.96. The second kappa shape index (κ2) is 5.69. The molecule has 2 rings (SSSR count). The third kappa shape index (κ3) is 3.11. The van der Waals surface area contributed by atoms with E-state index in [2.05, 4.69) is 4.99 Å². The molecule has 0 atom stereocenters. The molecular formula is C15H14ClNO. The molecule has 2 aromatic carbocycles. The highest BCUT2D eigenvalue weighted by Gasteiger charge is 2.04. The van der Waals surface area contributed by atoms with Crippen molar-refractivity contribution in [1.82, 2.24) is 0 Å². The molecule has 0 saturated heterocycles. The largest absolute Gasteiger partial charge is 0.507 e. The van der Waals surface area contributed by atoms with Crippen molar-refractivity contribution < 1.29 is 5.11 Å². The number of benzene rings is 2. The van der Waals surface area contributed by atoms with Crippen LogP contribution in [0.5, 0.6) is 5.75 Å². The fraction of sp³-hybridized carbons (Fsp3) is 0.133. The number of phenolic OH excluding ortho intramolecular Hbond substituents is 1. The van der Waals surface area contributed by atoms with E-state index in [-0.39, 0.29) is 5.75 Å². The smallest absolute Gasteiger partial charge is 0.126 e. The molecule has 3 heteroatoms. The summed E-state index contributed by atoms with van der Waals surface area (Å²) in [5.74, 6) is 0.164. The summed E-state index contributed by atoms with van der Waals surface area (Å²) in [5.41, 5.74) is 2.66. The summed E-state index contributed by atoms with van der Waals surface area (Å²) in [4.78, 5) is 4.47. The molecule has 2 nitrogen and oxygen atoms in total. The SMILES string of the molecule is CC(=NCc1ccccc1)c1ccc(Cl)cc1O. The van der Waals surface area contributed by atoms with E-state index < -0.39 is 0 Å². The van der Waals surface area contributed by atoms with Gasteiger partial charge in [-0.2, -0.15) is 0 Å². The summed E-state index contributed by atoms with van der Waals surface area (Å²) in [6, 6.07) is 15.1. The number of aliphatic imine (C=N–C) groups is 1. The van der Waals surface area contributed by atoms with E-state index in [1.54, 1.807) is 12.1 Å². The first-order valence-corrected chi connectivity index (χ1v) is 6.08. The summed E-state index contributed by atoms with van der Waals surface area (Å²) in [7, 11) is 0. The van der Waals surface area contributed by atoms with Gasteiger partial charge in [0.05, 0.1) is 6.54 Å². The molecule has 0 fully saturated rings. The van der Waals surface area contributed by atoms with Gasteiger partial charge in [-0.25, -0.2) is 0 Å². The van der Waals surface area contributed by atoms with Crippen molar-refractivity contribution in [3.8, 4) is 5.75 Å². The van der Waals surface area contributed by atoms with Gasteiger partial charge in [-0.3, -0.25) is 4.99 Å². The van der Waals surface area contributed by atoms with Crippen LogP contribution >= 0.6 is 11.6 Å². The van der Waals surface area contributed by atoms with Crippen LogP contribution in [0.4, 0.5) is 0 Å². The number of hydrogen-bond donors (Lipinski definition) is 1. The minimum absolute atomic E-state index is 0.164. The van der Waals surface area contributed by atoms with Gasteiger partial charge < -0.3 is 5.11 Å². The Hall–Kier alpha value is -1.80. The van der Waals surface area contributed by atoms with E-state index >= 15 is 0 Å². The van der Waals surface area contributed by atoms with Crippen LogP contribution < -0.4 is 0 Å². The van der Waals surface area contributed by atoms with Crippen LogP contribution in [0.2, 0.25) is 5.02 Å². The summed E-state index contributed by atoms with van der Waals surface area (Å²) in [6.07, 6.45) is 0. The van der Waals surface area contributed by atoms with Crippen LogP contribution in [-0.2, 0) is 6.54 Å². The Bertz CT molecular complexity index is 564. The molecule has 18 heavy (non-hydrogen) atoms. The Morgan fingerprint density at radius 1 is 1.17 bits per heavy atom. The quantitative estimate of drug-likeness (QED) is 0.829. The molecular weight excluding hydrogens is 246 g/mol. The normalized spacial score (nSPS) is 11.6. The average Bonchev–Trinajstić information content (AvgIpc) is 2.37. The van der Waals surface area contributed by atoms with Gasteiger partial charge in [0, 0.05) is 16.3 Å². The first-order chi connectivity index (χ1) is 8.66. The van der Waals surface area contributed by atoms with Gasteiger partial charge in [0.2, 0.25) is 0 Å². The van der Waals surface area contributed by atoms with Gasteiger partial charge >= 0.3 is 0 Å². The molecule has 92 valence electrons. The third-order valence-electron chi connectivity index (χ3n) is 2.69. The zero-order valence-corrected chi connectivity index (χ0v) is 10.9. The first kappa shape index (κ1) is 12.7. The monoisotopic (exact) mass is 259 g/mol. The highest BCUT2D eigenvalue weighted by atomic mass is 35.5. The number of hydrogen-bond acceptors (Lipinski definition) is 2.